The number of hydrogen-bond donors (Lipinski definition) is 1. The fraction of sp³-hybridized carbons (Fsp3) is 0.125. The van der Waals surface area contributed by atoms with Gasteiger partial charge in [0.05, 0.1) is 12.7 Å². The van der Waals surface area contributed by atoms with E-state index in [-0.39, 0.29) is 11.3 Å². The average molecular weight is 197 g/mol. The average Bonchev–Trinajstić information content (AvgIpc) is 2.17. The molecule has 0 fully saturated rings. The molecular formula is C8H7BFO4. The van der Waals surface area contributed by atoms with Gasteiger partial charge in [-0.3, -0.25) is 0 Å². The Hall–Kier alpha value is -1.56. The molecule has 73 valence electrons. The third-order valence-electron chi connectivity index (χ3n) is 1.53. The topological polar surface area (TPSA) is 55.8 Å². The van der Waals surface area contributed by atoms with Crippen LogP contribution in [0.25, 0.3) is 0 Å². The first-order valence-electron chi connectivity index (χ1n) is 3.69. The van der Waals surface area contributed by atoms with Gasteiger partial charge < -0.3 is 14.4 Å². The molecule has 0 amide bonds. The zero-order valence-electron chi connectivity index (χ0n) is 7.36. The van der Waals surface area contributed by atoms with Crippen LogP contribution in [0.5, 0.6) is 5.75 Å². The lowest BCUT2D eigenvalue weighted by Crippen LogP contribution is -2.06. The van der Waals surface area contributed by atoms with Gasteiger partial charge >= 0.3 is 13.7 Å². The van der Waals surface area contributed by atoms with Crippen LogP contribution in [-0.2, 0) is 4.74 Å². The van der Waals surface area contributed by atoms with Crippen LogP contribution in [0.2, 0.25) is 0 Å². The largest absolute Gasteiger partial charge is 0.569 e. The van der Waals surface area contributed by atoms with Crippen molar-refractivity contribution in [1.82, 2.24) is 0 Å². The smallest absolute Gasteiger partial charge is 0.537 e. The third-order valence-corrected chi connectivity index (χ3v) is 1.53. The molecule has 1 N–H and O–H groups in total. The van der Waals surface area contributed by atoms with Gasteiger partial charge in [-0.25, -0.2) is 9.18 Å². The molecule has 4 nitrogen and oxygen atoms in total. The number of hydrogen-bond acceptors (Lipinski definition) is 4. The third kappa shape index (κ3) is 2.23. The summed E-state index contributed by atoms with van der Waals surface area (Å²) in [5.41, 5.74) is -0.183. The summed E-state index contributed by atoms with van der Waals surface area (Å²) in [5.74, 6) is -1.43. The molecule has 0 aliphatic rings. The monoisotopic (exact) mass is 197 g/mol. The summed E-state index contributed by atoms with van der Waals surface area (Å²) in [4.78, 5) is 10.9. The van der Waals surface area contributed by atoms with Crippen LogP contribution in [0.3, 0.4) is 0 Å². The molecular weight excluding hydrogens is 190 g/mol. The number of carbonyl (C=O) groups is 1. The quantitative estimate of drug-likeness (QED) is 0.566. The predicted octanol–water partition coefficient (Wildman–Crippen LogP) is 0.518. The molecule has 0 saturated heterocycles. The van der Waals surface area contributed by atoms with Crippen molar-refractivity contribution < 1.29 is 23.6 Å². The summed E-state index contributed by atoms with van der Waals surface area (Å²) < 4.78 is 22.0. The lowest BCUT2D eigenvalue weighted by molar-refractivity contribution is 0.0595. The molecule has 0 aliphatic heterocycles. The fourth-order valence-corrected chi connectivity index (χ4v) is 0.905. The number of carbonyl (C=O) groups excluding carboxylic acids is 1. The number of halogens is 1. The van der Waals surface area contributed by atoms with E-state index in [0.29, 0.717) is 7.69 Å². The van der Waals surface area contributed by atoms with Crippen LogP contribution < -0.4 is 4.65 Å². The molecule has 0 saturated carbocycles. The van der Waals surface area contributed by atoms with E-state index >= 15 is 0 Å². The van der Waals surface area contributed by atoms with Crippen molar-refractivity contribution in [3.05, 3.63) is 29.6 Å². The van der Waals surface area contributed by atoms with Gasteiger partial charge in [-0.15, -0.1) is 0 Å². The minimum absolute atomic E-state index is 0.0950. The highest BCUT2D eigenvalue weighted by Crippen LogP contribution is 2.16. The highest BCUT2D eigenvalue weighted by atomic mass is 19.1. The molecule has 0 bridgehead atoms. The molecule has 6 heteroatoms. The van der Waals surface area contributed by atoms with Crippen LogP contribution in [0.1, 0.15) is 10.4 Å². The van der Waals surface area contributed by atoms with Crippen molar-refractivity contribution in [1.29, 1.82) is 0 Å². The second kappa shape index (κ2) is 4.62. The van der Waals surface area contributed by atoms with Crippen molar-refractivity contribution in [2.24, 2.45) is 0 Å². The number of methoxy groups -OCH3 is 1. The summed E-state index contributed by atoms with van der Waals surface area (Å²) in [6.45, 7) is 0. The Balaban J connectivity index is 2.95. The Morgan fingerprint density at radius 3 is 2.79 bits per heavy atom. The van der Waals surface area contributed by atoms with E-state index in [9.17, 15) is 9.18 Å². The maximum atomic E-state index is 13.1. The van der Waals surface area contributed by atoms with Crippen LogP contribution in [0.4, 0.5) is 4.39 Å². The van der Waals surface area contributed by atoms with Gasteiger partial charge in [-0.05, 0) is 12.1 Å². The van der Waals surface area contributed by atoms with Gasteiger partial charge in [0.25, 0.3) is 0 Å². The van der Waals surface area contributed by atoms with Gasteiger partial charge in [-0.2, -0.15) is 0 Å². The van der Waals surface area contributed by atoms with Gasteiger partial charge in [-0.1, -0.05) is 0 Å². The minimum Gasteiger partial charge on any atom is -0.537 e. The molecule has 0 atom stereocenters. The molecule has 0 heterocycles. The standard InChI is InChI=1S/C8H7BFO4/c1-13-8(11)6-3-2-5(14-9-12)4-7(6)10/h2-4,12H,1H3. The second-order valence-electron chi connectivity index (χ2n) is 2.36. The lowest BCUT2D eigenvalue weighted by Gasteiger charge is -2.04. The fourth-order valence-electron chi connectivity index (χ4n) is 0.905. The Kier molecular flexibility index (Phi) is 3.47. The molecule has 1 rings (SSSR count). The van der Waals surface area contributed by atoms with Crippen LogP contribution >= 0.6 is 0 Å². The van der Waals surface area contributed by atoms with E-state index in [1.54, 1.807) is 0 Å². The highest BCUT2D eigenvalue weighted by molar-refractivity contribution is 6.17. The first kappa shape index (κ1) is 10.5. The van der Waals surface area contributed by atoms with Gasteiger partial charge in [0.1, 0.15) is 11.6 Å². The van der Waals surface area contributed by atoms with Gasteiger partial charge in [0.15, 0.2) is 0 Å². The van der Waals surface area contributed by atoms with E-state index in [4.69, 9.17) is 5.02 Å². The summed E-state index contributed by atoms with van der Waals surface area (Å²) in [7, 11) is 1.58. The number of benzene rings is 1. The van der Waals surface area contributed by atoms with Crippen molar-refractivity contribution in [3.8, 4) is 5.75 Å². The van der Waals surface area contributed by atoms with Crippen molar-refractivity contribution in [3.63, 3.8) is 0 Å². The first-order chi connectivity index (χ1) is 6.69. The molecule has 0 unspecified atom stereocenters. The summed E-state index contributed by atoms with van der Waals surface area (Å²) in [6.07, 6.45) is 0. The van der Waals surface area contributed by atoms with Crippen LogP contribution in [-0.4, -0.2) is 25.8 Å². The summed E-state index contributed by atoms with van der Waals surface area (Å²) >= 11 is 0. The number of rotatable bonds is 3. The molecule has 1 radical (unpaired) electrons. The number of ether oxygens (including phenoxy) is 1. The van der Waals surface area contributed by atoms with Gasteiger partial charge in [0, 0.05) is 6.07 Å². The molecule has 1 aromatic rings. The van der Waals surface area contributed by atoms with E-state index in [2.05, 4.69) is 9.39 Å². The van der Waals surface area contributed by atoms with Crippen molar-refractivity contribution in [2.45, 2.75) is 0 Å². The Morgan fingerprint density at radius 1 is 1.57 bits per heavy atom. The number of esters is 1. The SMILES string of the molecule is COC(=O)c1ccc(O[B]O)cc1F. The maximum Gasteiger partial charge on any atom is 0.569 e. The Morgan fingerprint density at radius 2 is 2.29 bits per heavy atom. The molecule has 0 aliphatic carbocycles. The van der Waals surface area contributed by atoms with E-state index in [1.807, 2.05) is 0 Å². The molecule has 0 aromatic heterocycles. The zero-order chi connectivity index (χ0) is 10.6. The Labute approximate surface area is 80.6 Å². The van der Waals surface area contributed by atoms with Crippen molar-refractivity contribution >= 4 is 13.7 Å². The molecule has 14 heavy (non-hydrogen) atoms. The second-order valence-corrected chi connectivity index (χ2v) is 2.36. The minimum atomic E-state index is -0.767. The maximum absolute atomic E-state index is 13.1. The normalized spacial score (nSPS) is 9.36. The van der Waals surface area contributed by atoms with Crippen LogP contribution in [0.15, 0.2) is 18.2 Å². The van der Waals surface area contributed by atoms with Gasteiger partial charge in [0.2, 0.25) is 0 Å². The van der Waals surface area contributed by atoms with E-state index in [0.717, 1.165) is 13.2 Å². The molecule has 0 spiro atoms. The highest BCUT2D eigenvalue weighted by Gasteiger charge is 2.12. The predicted molar refractivity (Wildman–Crippen MR) is 46.3 cm³/mol. The molecule has 1 aromatic carbocycles. The van der Waals surface area contributed by atoms with E-state index in [1.165, 1.54) is 12.1 Å². The summed E-state index contributed by atoms with van der Waals surface area (Å²) in [5, 5.41) is 8.27. The van der Waals surface area contributed by atoms with Crippen molar-refractivity contribution in [2.75, 3.05) is 7.11 Å². The first-order valence-corrected chi connectivity index (χ1v) is 3.69. The lowest BCUT2D eigenvalue weighted by atomic mass is 10.2. The Bertz CT molecular complexity index is 342. The van der Waals surface area contributed by atoms with Crippen LogP contribution in [0, 0.1) is 5.82 Å². The summed E-state index contributed by atoms with van der Waals surface area (Å²) in [6, 6.07) is 3.51. The van der Waals surface area contributed by atoms with E-state index < -0.39 is 11.8 Å². The zero-order valence-corrected chi connectivity index (χ0v) is 7.36.